The maximum atomic E-state index is 13.5. The Morgan fingerprint density at radius 2 is 1.74 bits per heavy atom. The fourth-order valence-corrected chi connectivity index (χ4v) is 6.80. The number of anilines is 1. The summed E-state index contributed by atoms with van der Waals surface area (Å²) in [5, 5.41) is 1.76. The zero-order chi connectivity index (χ0) is 26.1. The van der Waals surface area contributed by atoms with E-state index >= 15 is 0 Å². The van der Waals surface area contributed by atoms with Crippen molar-refractivity contribution in [3.05, 3.63) is 53.6 Å². The van der Waals surface area contributed by atoms with Gasteiger partial charge in [0.2, 0.25) is 0 Å². The zero-order valence-electron chi connectivity index (χ0n) is 22.4. The van der Waals surface area contributed by atoms with Gasteiger partial charge in [-0.2, -0.15) is 0 Å². The van der Waals surface area contributed by atoms with E-state index in [0.29, 0.717) is 6.04 Å². The molecule has 0 spiro atoms. The molecule has 0 radical (unpaired) electrons. The molecule has 6 rings (SSSR count). The minimum Gasteiger partial charge on any atom is -0.454 e. The Morgan fingerprint density at radius 1 is 0.974 bits per heavy atom. The minimum absolute atomic E-state index is 0.178. The molecule has 1 saturated carbocycles. The Balaban J connectivity index is 1.21. The number of urea groups is 1. The lowest BCUT2D eigenvalue weighted by atomic mass is 9.94. The van der Waals surface area contributed by atoms with Crippen LogP contribution in [0.4, 0.5) is 10.5 Å². The van der Waals surface area contributed by atoms with Crippen LogP contribution in [0.2, 0.25) is 5.02 Å². The number of nitrogens with zero attached hydrogens (tertiary/aromatic N) is 4. The van der Waals surface area contributed by atoms with E-state index in [2.05, 4.69) is 44.7 Å². The van der Waals surface area contributed by atoms with Crippen LogP contribution in [0, 0.1) is 0 Å². The highest BCUT2D eigenvalue weighted by molar-refractivity contribution is 6.31. The highest BCUT2D eigenvalue weighted by Gasteiger charge is 2.44. The SMILES string of the molecule is CCCCN1CC(N2CCN(c3cc(Cl)cc4cc(-c5ccccc5)oc34)CC2)N(C2CCCCC2)C1=O. The van der Waals surface area contributed by atoms with Gasteiger partial charge >= 0.3 is 6.03 Å². The van der Waals surface area contributed by atoms with Crippen LogP contribution < -0.4 is 4.90 Å². The van der Waals surface area contributed by atoms with Gasteiger partial charge in [-0.1, -0.05) is 74.5 Å². The van der Waals surface area contributed by atoms with E-state index in [9.17, 15) is 4.79 Å². The number of hydrogen-bond acceptors (Lipinski definition) is 4. The van der Waals surface area contributed by atoms with Crippen molar-refractivity contribution in [1.82, 2.24) is 14.7 Å². The number of piperazine rings is 1. The summed E-state index contributed by atoms with van der Waals surface area (Å²) in [7, 11) is 0. The standard InChI is InChI=1S/C31H39ClN4O2/c1-2-3-14-35-22-29(36(31(35)37)26-12-8-5-9-13-26)34-17-15-33(16-18-34)27-21-25(32)19-24-20-28(38-30(24)27)23-10-6-4-7-11-23/h4,6-7,10-11,19-21,26,29H,2-3,5,8-9,12-18,22H2,1H3. The van der Waals surface area contributed by atoms with Crippen LogP contribution in [0.5, 0.6) is 0 Å². The van der Waals surface area contributed by atoms with Crippen LogP contribution >= 0.6 is 11.6 Å². The van der Waals surface area contributed by atoms with E-state index in [1.807, 2.05) is 30.3 Å². The molecule has 0 N–H and O–H groups in total. The van der Waals surface area contributed by atoms with Crippen molar-refractivity contribution >= 4 is 34.3 Å². The van der Waals surface area contributed by atoms with Gasteiger partial charge in [0.15, 0.2) is 5.58 Å². The van der Waals surface area contributed by atoms with Crippen LogP contribution in [0.1, 0.15) is 51.9 Å². The van der Waals surface area contributed by atoms with E-state index in [4.69, 9.17) is 16.0 Å². The van der Waals surface area contributed by atoms with Gasteiger partial charge < -0.3 is 19.1 Å². The average Bonchev–Trinajstić information content (AvgIpc) is 3.53. The maximum absolute atomic E-state index is 13.5. The molecule has 1 aliphatic carbocycles. The number of rotatable bonds is 7. The average molecular weight is 535 g/mol. The first-order valence-electron chi connectivity index (χ1n) is 14.5. The third kappa shape index (κ3) is 5.01. The zero-order valence-corrected chi connectivity index (χ0v) is 23.2. The molecule has 3 aromatic rings. The molecule has 202 valence electrons. The quantitative estimate of drug-likeness (QED) is 0.325. The van der Waals surface area contributed by atoms with Gasteiger partial charge in [0.05, 0.1) is 12.2 Å². The van der Waals surface area contributed by atoms with Crippen molar-refractivity contribution in [1.29, 1.82) is 0 Å². The summed E-state index contributed by atoms with van der Waals surface area (Å²) in [4.78, 5) is 22.9. The smallest absolute Gasteiger partial charge is 0.321 e. The molecule has 1 unspecified atom stereocenters. The molecule has 2 saturated heterocycles. The highest BCUT2D eigenvalue weighted by Crippen LogP contribution is 2.37. The maximum Gasteiger partial charge on any atom is 0.321 e. The predicted octanol–water partition coefficient (Wildman–Crippen LogP) is 7.07. The monoisotopic (exact) mass is 534 g/mol. The second-order valence-electron chi connectivity index (χ2n) is 11.1. The fraction of sp³-hybridized carbons (Fsp3) is 0.516. The molecule has 3 heterocycles. The number of fused-ring (bicyclic) bond motifs is 1. The van der Waals surface area contributed by atoms with Gasteiger partial charge in [0, 0.05) is 54.7 Å². The molecule has 38 heavy (non-hydrogen) atoms. The molecule has 0 bridgehead atoms. The first kappa shape index (κ1) is 25.6. The van der Waals surface area contributed by atoms with Crippen molar-refractivity contribution in [3.63, 3.8) is 0 Å². The molecule has 7 heteroatoms. The number of halogens is 1. The van der Waals surface area contributed by atoms with E-state index < -0.39 is 0 Å². The second kappa shape index (κ2) is 11.2. The van der Waals surface area contributed by atoms with Gasteiger partial charge in [0.1, 0.15) is 11.9 Å². The summed E-state index contributed by atoms with van der Waals surface area (Å²) >= 11 is 6.58. The number of benzene rings is 2. The minimum atomic E-state index is 0.178. The first-order valence-corrected chi connectivity index (χ1v) is 14.8. The first-order chi connectivity index (χ1) is 18.6. The predicted molar refractivity (Wildman–Crippen MR) is 155 cm³/mol. The Bertz CT molecular complexity index is 1250. The van der Waals surface area contributed by atoms with Gasteiger partial charge in [-0.3, -0.25) is 4.90 Å². The lowest BCUT2D eigenvalue weighted by molar-refractivity contribution is 0.0541. The third-order valence-corrected chi connectivity index (χ3v) is 8.86. The molecule has 2 aliphatic heterocycles. The van der Waals surface area contributed by atoms with Gasteiger partial charge in [-0.05, 0) is 37.5 Å². The number of carbonyl (C=O) groups is 1. The number of hydrogen-bond donors (Lipinski definition) is 0. The fourth-order valence-electron chi connectivity index (χ4n) is 6.58. The second-order valence-corrected chi connectivity index (χ2v) is 11.5. The number of furan rings is 1. The summed E-state index contributed by atoms with van der Waals surface area (Å²) in [6.45, 7) is 7.51. The Morgan fingerprint density at radius 3 is 2.47 bits per heavy atom. The summed E-state index contributed by atoms with van der Waals surface area (Å²) in [6.07, 6.45) is 8.43. The third-order valence-electron chi connectivity index (χ3n) is 8.64. The molecule has 6 nitrogen and oxygen atoms in total. The van der Waals surface area contributed by atoms with Crippen molar-refractivity contribution in [2.24, 2.45) is 0 Å². The molecule has 3 fully saturated rings. The lowest BCUT2D eigenvalue weighted by Gasteiger charge is -2.43. The van der Waals surface area contributed by atoms with E-state index in [0.717, 1.165) is 98.0 Å². The van der Waals surface area contributed by atoms with E-state index in [-0.39, 0.29) is 12.2 Å². The van der Waals surface area contributed by atoms with Crippen LogP contribution in [0.25, 0.3) is 22.3 Å². The van der Waals surface area contributed by atoms with E-state index in [1.54, 1.807) is 0 Å². The summed E-state index contributed by atoms with van der Waals surface area (Å²) in [5.41, 5.74) is 3.02. The van der Waals surface area contributed by atoms with Gasteiger partial charge in [0.25, 0.3) is 0 Å². The molecule has 2 amide bonds. The largest absolute Gasteiger partial charge is 0.454 e. The summed E-state index contributed by atoms with van der Waals surface area (Å²) in [5.74, 6) is 0.863. The number of unbranched alkanes of at least 4 members (excludes halogenated alkanes) is 1. The molecular weight excluding hydrogens is 496 g/mol. The topological polar surface area (TPSA) is 43.2 Å². The normalized spacial score (nSPS) is 21.7. The van der Waals surface area contributed by atoms with E-state index in [1.165, 1.54) is 19.3 Å². The molecule has 3 aliphatic rings. The van der Waals surface area contributed by atoms with Gasteiger partial charge in [-0.25, -0.2) is 4.79 Å². The van der Waals surface area contributed by atoms with Crippen molar-refractivity contribution in [3.8, 4) is 11.3 Å². The Hall–Kier alpha value is -2.70. The molecule has 1 atom stereocenters. The number of carbonyl (C=O) groups excluding carboxylic acids is 1. The van der Waals surface area contributed by atoms with Crippen LogP contribution in [0.3, 0.4) is 0 Å². The number of amides is 2. The van der Waals surface area contributed by atoms with Crippen LogP contribution in [-0.2, 0) is 0 Å². The summed E-state index contributed by atoms with van der Waals surface area (Å²) < 4.78 is 6.41. The van der Waals surface area contributed by atoms with Crippen molar-refractivity contribution in [2.45, 2.75) is 64.1 Å². The highest BCUT2D eigenvalue weighted by atomic mass is 35.5. The molecule has 2 aromatic carbocycles. The van der Waals surface area contributed by atoms with Crippen LogP contribution in [0.15, 0.2) is 52.9 Å². The molecular formula is C31H39ClN4O2. The Kier molecular flexibility index (Phi) is 7.53. The van der Waals surface area contributed by atoms with Crippen molar-refractivity contribution < 1.29 is 9.21 Å². The summed E-state index contributed by atoms with van der Waals surface area (Å²) in [6, 6.07) is 17.0. The lowest BCUT2D eigenvalue weighted by Crippen LogP contribution is -2.57. The van der Waals surface area contributed by atoms with Crippen LogP contribution in [-0.4, -0.2) is 72.2 Å². The molecule has 1 aromatic heterocycles. The Labute approximate surface area is 231 Å². The van der Waals surface area contributed by atoms with Crippen molar-refractivity contribution in [2.75, 3.05) is 44.2 Å². The van der Waals surface area contributed by atoms with Gasteiger partial charge in [-0.15, -0.1) is 0 Å².